The van der Waals surface area contributed by atoms with E-state index in [4.69, 9.17) is 9.84 Å². The van der Waals surface area contributed by atoms with Gasteiger partial charge in [-0.05, 0) is 13.0 Å². The van der Waals surface area contributed by atoms with Crippen LogP contribution in [0.2, 0.25) is 0 Å². The summed E-state index contributed by atoms with van der Waals surface area (Å²) < 4.78 is 5.54. The lowest BCUT2D eigenvalue weighted by molar-refractivity contribution is -0.142. The molecular weight excluding hydrogens is 218 g/mol. The summed E-state index contributed by atoms with van der Waals surface area (Å²) in [6, 6.07) is 7.84. The van der Waals surface area contributed by atoms with Crippen molar-refractivity contribution < 1.29 is 14.6 Å². The lowest BCUT2D eigenvalue weighted by atomic mass is 10.0. The molecule has 0 aliphatic carbocycles. The molecule has 1 aliphatic rings. The highest BCUT2D eigenvalue weighted by molar-refractivity contribution is 5.70. The van der Waals surface area contributed by atoms with E-state index in [0.717, 1.165) is 11.3 Å². The van der Waals surface area contributed by atoms with E-state index in [1.54, 1.807) is 6.92 Å². The number of hydrogen-bond donors (Lipinski definition) is 2. The second-order valence-corrected chi connectivity index (χ2v) is 4.48. The van der Waals surface area contributed by atoms with Crippen molar-refractivity contribution in [3.8, 4) is 5.75 Å². The first kappa shape index (κ1) is 11.9. The predicted molar refractivity (Wildman–Crippen MR) is 64.1 cm³/mol. The van der Waals surface area contributed by atoms with Crippen LogP contribution in [0.25, 0.3) is 0 Å². The maximum atomic E-state index is 10.9. The molecule has 0 bridgehead atoms. The smallest absolute Gasteiger partial charge is 0.307 e. The van der Waals surface area contributed by atoms with Crippen molar-refractivity contribution in [2.75, 3.05) is 6.61 Å². The average Bonchev–Trinajstić information content (AvgIpc) is 2.71. The maximum Gasteiger partial charge on any atom is 0.307 e. The molecule has 4 nitrogen and oxygen atoms in total. The molecule has 0 saturated heterocycles. The Labute approximate surface area is 101 Å². The lowest BCUT2D eigenvalue weighted by Crippen LogP contribution is -2.39. The van der Waals surface area contributed by atoms with Crippen molar-refractivity contribution in [2.45, 2.75) is 25.9 Å². The van der Waals surface area contributed by atoms with Gasteiger partial charge in [-0.2, -0.15) is 0 Å². The maximum absolute atomic E-state index is 10.9. The number of carbonyl (C=O) groups is 1. The van der Waals surface area contributed by atoms with Gasteiger partial charge in [0.2, 0.25) is 0 Å². The molecule has 0 fully saturated rings. The fraction of sp³-hybridized carbons (Fsp3) is 0.462. The van der Waals surface area contributed by atoms with Gasteiger partial charge in [0, 0.05) is 11.6 Å². The van der Waals surface area contributed by atoms with Gasteiger partial charge in [-0.25, -0.2) is 0 Å². The Morgan fingerprint density at radius 2 is 2.18 bits per heavy atom. The van der Waals surface area contributed by atoms with Gasteiger partial charge < -0.3 is 15.2 Å². The number of rotatable bonds is 4. The molecule has 4 heteroatoms. The zero-order valence-electron chi connectivity index (χ0n) is 10.0. The van der Waals surface area contributed by atoms with Crippen LogP contribution < -0.4 is 10.1 Å². The Morgan fingerprint density at radius 3 is 2.88 bits per heavy atom. The van der Waals surface area contributed by atoms with E-state index in [2.05, 4.69) is 5.32 Å². The van der Waals surface area contributed by atoms with Crippen LogP contribution in [0.5, 0.6) is 5.75 Å². The fourth-order valence-electron chi connectivity index (χ4n) is 1.98. The number of benzene rings is 1. The van der Waals surface area contributed by atoms with Crippen LogP contribution in [0, 0.1) is 5.92 Å². The Kier molecular flexibility index (Phi) is 3.33. The largest absolute Gasteiger partial charge is 0.491 e. The minimum Gasteiger partial charge on any atom is -0.491 e. The zero-order valence-corrected chi connectivity index (χ0v) is 10.0. The van der Waals surface area contributed by atoms with Crippen LogP contribution in [-0.2, 0) is 4.79 Å². The zero-order chi connectivity index (χ0) is 12.4. The summed E-state index contributed by atoms with van der Waals surface area (Å²) in [4.78, 5) is 10.9. The molecule has 0 aromatic heterocycles. The summed E-state index contributed by atoms with van der Waals surface area (Å²) in [5, 5.41) is 12.3. The van der Waals surface area contributed by atoms with Gasteiger partial charge in [-0.3, -0.25) is 4.79 Å². The van der Waals surface area contributed by atoms with E-state index in [0.29, 0.717) is 6.61 Å². The molecular formula is C13H17NO3. The van der Waals surface area contributed by atoms with Crippen LogP contribution in [0.3, 0.4) is 0 Å². The third kappa shape index (κ3) is 2.42. The van der Waals surface area contributed by atoms with E-state index in [9.17, 15) is 4.79 Å². The molecule has 1 aromatic rings. The Morgan fingerprint density at radius 1 is 1.47 bits per heavy atom. The highest BCUT2D eigenvalue weighted by Crippen LogP contribution is 2.32. The van der Waals surface area contributed by atoms with Gasteiger partial charge in [-0.15, -0.1) is 0 Å². The van der Waals surface area contributed by atoms with Gasteiger partial charge in [0.25, 0.3) is 0 Å². The Balaban J connectivity index is 2.04. The molecule has 1 heterocycles. The molecule has 0 spiro atoms. The van der Waals surface area contributed by atoms with E-state index in [1.807, 2.05) is 31.2 Å². The number of hydrogen-bond acceptors (Lipinski definition) is 3. The number of carboxylic acids is 1. The van der Waals surface area contributed by atoms with Crippen molar-refractivity contribution in [3.63, 3.8) is 0 Å². The molecule has 0 saturated carbocycles. The second kappa shape index (κ2) is 4.75. The van der Waals surface area contributed by atoms with E-state index >= 15 is 0 Å². The summed E-state index contributed by atoms with van der Waals surface area (Å²) in [6.07, 6.45) is 0. The Hall–Kier alpha value is -1.55. The highest BCUT2D eigenvalue weighted by Gasteiger charge is 2.28. The summed E-state index contributed by atoms with van der Waals surface area (Å²) in [7, 11) is 0. The first-order valence-electron chi connectivity index (χ1n) is 5.80. The predicted octanol–water partition coefficient (Wildman–Crippen LogP) is 1.82. The van der Waals surface area contributed by atoms with Crippen LogP contribution >= 0.6 is 0 Å². The van der Waals surface area contributed by atoms with Crippen LogP contribution in [0.1, 0.15) is 25.5 Å². The monoisotopic (exact) mass is 235 g/mol. The summed E-state index contributed by atoms with van der Waals surface area (Å²) in [6.45, 7) is 4.16. The minimum absolute atomic E-state index is 0.0861. The number of aliphatic carboxylic acids is 1. The average molecular weight is 235 g/mol. The van der Waals surface area contributed by atoms with Gasteiger partial charge >= 0.3 is 5.97 Å². The van der Waals surface area contributed by atoms with Gasteiger partial charge in [-0.1, -0.05) is 25.1 Å². The van der Waals surface area contributed by atoms with Crippen LogP contribution in [0.15, 0.2) is 24.3 Å². The molecule has 0 amide bonds. The third-order valence-electron chi connectivity index (χ3n) is 3.30. The number of carboxylic acid groups (broad SMARTS) is 1. The highest BCUT2D eigenvalue weighted by atomic mass is 16.5. The molecule has 0 radical (unpaired) electrons. The minimum atomic E-state index is -0.780. The number of para-hydroxylation sites is 1. The third-order valence-corrected chi connectivity index (χ3v) is 3.30. The Bertz CT molecular complexity index is 419. The first-order chi connectivity index (χ1) is 8.09. The van der Waals surface area contributed by atoms with Crippen molar-refractivity contribution in [3.05, 3.63) is 29.8 Å². The summed E-state index contributed by atoms with van der Waals surface area (Å²) in [5.74, 6) is -0.305. The van der Waals surface area contributed by atoms with Crippen LogP contribution in [-0.4, -0.2) is 23.7 Å². The number of ether oxygens (including phenoxy) is 1. The van der Waals surface area contributed by atoms with Crippen molar-refractivity contribution in [2.24, 2.45) is 5.92 Å². The molecule has 1 aliphatic heterocycles. The van der Waals surface area contributed by atoms with E-state index < -0.39 is 11.9 Å². The summed E-state index contributed by atoms with van der Waals surface area (Å²) in [5.41, 5.74) is 1.11. The van der Waals surface area contributed by atoms with E-state index in [1.165, 1.54) is 0 Å². The molecule has 3 atom stereocenters. The molecule has 17 heavy (non-hydrogen) atoms. The quantitative estimate of drug-likeness (QED) is 0.835. The topological polar surface area (TPSA) is 58.6 Å². The second-order valence-electron chi connectivity index (χ2n) is 4.48. The van der Waals surface area contributed by atoms with Crippen LogP contribution in [0.4, 0.5) is 0 Å². The van der Waals surface area contributed by atoms with E-state index in [-0.39, 0.29) is 12.1 Å². The molecule has 3 unspecified atom stereocenters. The molecule has 2 N–H and O–H groups in total. The van der Waals surface area contributed by atoms with Crippen molar-refractivity contribution in [1.29, 1.82) is 0 Å². The van der Waals surface area contributed by atoms with Crippen molar-refractivity contribution >= 4 is 5.97 Å². The first-order valence-corrected chi connectivity index (χ1v) is 5.80. The summed E-state index contributed by atoms with van der Waals surface area (Å²) >= 11 is 0. The van der Waals surface area contributed by atoms with Crippen molar-refractivity contribution in [1.82, 2.24) is 5.32 Å². The molecule has 1 aromatic carbocycles. The fourth-order valence-corrected chi connectivity index (χ4v) is 1.98. The molecule has 2 rings (SSSR count). The van der Waals surface area contributed by atoms with Gasteiger partial charge in [0.15, 0.2) is 0 Å². The van der Waals surface area contributed by atoms with Gasteiger partial charge in [0.1, 0.15) is 12.4 Å². The van der Waals surface area contributed by atoms with Gasteiger partial charge in [0.05, 0.1) is 12.0 Å². The number of nitrogens with one attached hydrogen (secondary N) is 1. The number of fused-ring (bicyclic) bond motifs is 1. The SMILES string of the molecule is CC(NC1COc2ccccc21)C(C)C(=O)O. The normalized spacial score (nSPS) is 21.4. The lowest BCUT2D eigenvalue weighted by Gasteiger charge is -2.21. The standard InChI is InChI=1S/C13H17NO3/c1-8(13(15)16)9(2)14-11-7-17-12-6-4-3-5-10(11)12/h3-6,8-9,11,14H,7H2,1-2H3,(H,15,16). The molecule has 92 valence electrons.